The zero-order chi connectivity index (χ0) is 11.8. The summed E-state index contributed by atoms with van der Waals surface area (Å²) in [6.07, 6.45) is 7.55. The van der Waals surface area contributed by atoms with Crippen molar-refractivity contribution in [2.45, 2.75) is 33.1 Å². The number of aliphatic hydroxyl groups excluding tert-OH is 1. The Morgan fingerprint density at radius 2 is 2.19 bits per heavy atom. The van der Waals surface area contributed by atoms with Gasteiger partial charge >= 0.3 is 0 Å². The summed E-state index contributed by atoms with van der Waals surface area (Å²) in [6, 6.07) is 8.62. The van der Waals surface area contributed by atoms with E-state index in [4.69, 9.17) is 5.11 Å². The quantitative estimate of drug-likeness (QED) is 0.772. The Morgan fingerprint density at radius 1 is 1.38 bits per heavy atom. The number of aliphatic hydroxyl groups is 1. The third kappa shape index (κ3) is 4.63. The van der Waals surface area contributed by atoms with E-state index in [0.29, 0.717) is 12.5 Å². The van der Waals surface area contributed by atoms with Crippen molar-refractivity contribution in [3.8, 4) is 0 Å². The van der Waals surface area contributed by atoms with Crippen molar-refractivity contribution in [3.63, 3.8) is 0 Å². The smallest absolute Gasteiger partial charge is 0.0456 e. The van der Waals surface area contributed by atoms with E-state index in [0.717, 1.165) is 19.3 Å². The van der Waals surface area contributed by atoms with Crippen LogP contribution in [0.2, 0.25) is 0 Å². The van der Waals surface area contributed by atoms with Crippen molar-refractivity contribution in [3.05, 3.63) is 41.5 Å². The van der Waals surface area contributed by atoms with Gasteiger partial charge in [0.25, 0.3) is 0 Å². The summed E-state index contributed by atoms with van der Waals surface area (Å²) in [5.41, 5.74) is 2.65. The van der Waals surface area contributed by atoms with Crippen molar-refractivity contribution >= 4 is 6.08 Å². The molecule has 1 atom stereocenters. The van der Waals surface area contributed by atoms with Crippen molar-refractivity contribution < 1.29 is 5.11 Å². The first kappa shape index (κ1) is 13.0. The molecule has 1 nitrogen and oxygen atoms in total. The average molecular weight is 218 g/mol. The molecule has 0 fully saturated rings. The van der Waals surface area contributed by atoms with Gasteiger partial charge in [0.1, 0.15) is 0 Å². The topological polar surface area (TPSA) is 20.2 Å². The summed E-state index contributed by atoms with van der Waals surface area (Å²) in [4.78, 5) is 0. The van der Waals surface area contributed by atoms with Crippen LogP contribution in [0.4, 0.5) is 0 Å². The van der Waals surface area contributed by atoms with E-state index in [9.17, 15) is 0 Å². The van der Waals surface area contributed by atoms with Crippen LogP contribution in [0.5, 0.6) is 0 Å². The Labute approximate surface area is 98.8 Å². The van der Waals surface area contributed by atoms with Crippen LogP contribution in [0.3, 0.4) is 0 Å². The summed E-state index contributed by atoms with van der Waals surface area (Å²) in [5.74, 6) is 0.409. The molecule has 1 N–H and O–H groups in total. The van der Waals surface area contributed by atoms with Crippen LogP contribution >= 0.6 is 0 Å². The Morgan fingerprint density at radius 3 is 2.88 bits per heavy atom. The molecule has 88 valence electrons. The summed E-state index contributed by atoms with van der Waals surface area (Å²) in [7, 11) is 0. The molecule has 0 radical (unpaired) electrons. The van der Waals surface area contributed by atoms with E-state index < -0.39 is 0 Å². The SMILES string of the molecule is CCc1cccc(/C=C/CC[C@H](C)CO)c1. The maximum Gasteiger partial charge on any atom is 0.0456 e. The molecule has 0 aliphatic heterocycles. The van der Waals surface area contributed by atoms with Crippen LogP contribution in [-0.4, -0.2) is 11.7 Å². The molecular formula is C15H22O. The van der Waals surface area contributed by atoms with Gasteiger partial charge in [-0.2, -0.15) is 0 Å². The minimum absolute atomic E-state index is 0.291. The van der Waals surface area contributed by atoms with E-state index in [2.05, 4.69) is 50.3 Å². The highest BCUT2D eigenvalue weighted by atomic mass is 16.3. The molecule has 1 aromatic rings. The van der Waals surface area contributed by atoms with Gasteiger partial charge < -0.3 is 5.11 Å². The number of benzene rings is 1. The third-order valence-corrected chi connectivity index (χ3v) is 2.81. The Bertz CT molecular complexity index is 328. The maximum atomic E-state index is 8.90. The second kappa shape index (κ2) is 7.24. The fourth-order valence-corrected chi connectivity index (χ4v) is 1.61. The molecule has 0 aliphatic carbocycles. The second-order valence-electron chi connectivity index (χ2n) is 4.37. The summed E-state index contributed by atoms with van der Waals surface area (Å²) >= 11 is 0. The molecule has 16 heavy (non-hydrogen) atoms. The normalized spacial score (nSPS) is 13.2. The van der Waals surface area contributed by atoms with Crippen molar-refractivity contribution in [1.29, 1.82) is 0 Å². The molecule has 0 unspecified atom stereocenters. The molecule has 0 aliphatic rings. The first-order chi connectivity index (χ1) is 7.76. The molecule has 0 saturated carbocycles. The average Bonchev–Trinajstić information content (AvgIpc) is 2.34. The van der Waals surface area contributed by atoms with E-state index in [1.807, 2.05) is 0 Å². The second-order valence-corrected chi connectivity index (χ2v) is 4.37. The molecular weight excluding hydrogens is 196 g/mol. The number of allylic oxidation sites excluding steroid dienone is 1. The standard InChI is InChI=1S/C15H22O/c1-3-14-9-6-10-15(11-14)8-5-4-7-13(2)12-16/h5-6,8-11,13,16H,3-4,7,12H2,1-2H3/b8-5+/t13-/m0/s1. The number of hydrogen-bond donors (Lipinski definition) is 1. The monoisotopic (exact) mass is 218 g/mol. The van der Waals surface area contributed by atoms with E-state index >= 15 is 0 Å². The molecule has 1 heteroatoms. The fraction of sp³-hybridized carbons (Fsp3) is 0.467. The molecule has 0 bridgehead atoms. The largest absolute Gasteiger partial charge is 0.396 e. The first-order valence-corrected chi connectivity index (χ1v) is 6.12. The summed E-state index contributed by atoms with van der Waals surface area (Å²) in [5, 5.41) is 8.90. The van der Waals surface area contributed by atoms with Crippen molar-refractivity contribution in [2.24, 2.45) is 5.92 Å². The fourth-order valence-electron chi connectivity index (χ4n) is 1.61. The molecule has 0 amide bonds. The van der Waals surface area contributed by atoms with Crippen LogP contribution in [0, 0.1) is 5.92 Å². The molecule has 0 heterocycles. The highest BCUT2D eigenvalue weighted by Gasteiger charge is 1.96. The van der Waals surface area contributed by atoms with E-state index in [-0.39, 0.29) is 0 Å². The van der Waals surface area contributed by atoms with Crippen LogP contribution in [-0.2, 0) is 6.42 Å². The van der Waals surface area contributed by atoms with Gasteiger partial charge in [-0.05, 0) is 36.3 Å². The molecule has 0 spiro atoms. The van der Waals surface area contributed by atoms with Crippen LogP contribution < -0.4 is 0 Å². The van der Waals surface area contributed by atoms with Crippen LogP contribution in [0.1, 0.15) is 37.8 Å². The van der Waals surface area contributed by atoms with Gasteiger partial charge in [-0.25, -0.2) is 0 Å². The van der Waals surface area contributed by atoms with Gasteiger partial charge in [-0.1, -0.05) is 50.3 Å². The predicted octanol–water partition coefficient (Wildman–Crippen LogP) is 3.67. The lowest BCUT2D eigenvalue weighted by Gasteiger charge is -2.03. The van der Waals surface area contributed by atoms with E-state index in [1.165, 1.54) is 11.1 Å². The third-order valence-electron chi connectivity index (χ3n) is 2.81. The first-order valence-electron chi connectivity index (χ1n) is 6.12. The molecule has 0 aromatic heterocycles. The summed E-state index contributed by atoms with van der Waals surface area (Å²) in [6.45, 7) is 4.54. The molecule has 0 saturated heterocycles. The highest BCUT2D eigenvalue weighted by molar-refractivity contribution is 5.50. The lowest BCUT2D eigenvalue weighted by Crippen LogP contribution is -1.98. The minimum atomic E-state index is 0.291. The van der Waals surface area contributed by atoms with Gasteiger partial charge in [0.2, 0.25) is 0 Å². The molecule has 1 aromatic carbocycles. The predicted molar refractivity (Wildman–Crippen MR) is 70.3 cm³/mol. The van der Waals surface area contributed by atoms with Gasteiger partial charge in [-0.3, -0.25) is 0 Å². The van der Waals surface area contributed by atoms with Gasteiger partial charge in [-0.15, -0.1) is 0 Å². The zero-order valence-electron chi connectivity index (χ0n) is 10.3. The Kier molecular flexibility index (Phi) is 5.87. The zero-order valence-corrected chi connectivity index (χ0v) is 10.3. The summed E-state index contributed by atoms with van der Waals surface area (Å²) < 4.78 is 0. The van der Waals surface area contributed by atoms with Crippen LogP contribution in [0.15, 0.2) is 30.3 Å². The van der Waals surface area contributed by atoms with Gasteiger partial charge in [0, 0.05) is 6.61 Å². The Hall–Kier alpha value is -1.08. The lowest BCUT2D eigenvalue weighted by atomic mass is 10.1. The van der Waals surface area contributed by atoms with Gasteiger partial charge in [0.05, 0.1) is 0 Å². The van der Waals surface area contributed by atoms with Crippen molar-refractivity contribution in [1.82, 2.24) is 0 Å². The van der Waals surface area contributed by atoms with Crippen LogP contribution in [0.25, 0.3) is 6.08 Å². The number of aryl methyl sites for hydroxylation is 1. The Balaban J connectivity index is 2.43. The van der Waals surface area contributed by atoms with Gasteiger partial charge in [0.15, 0.2) is 0 Å². The minimum Gasteiger partial charge on any atom is -0.396 e. The van der Waals surface area contributed by atoms with Crippen molar-refractivity contribution in [2.75, 3.05) is 6.61 Å². The highest BCUT2D eigenvalue weighted by Crippen LogP contribution is 2.10. The number of hydrogen-bond acceptors (Lipinski definition) is 1. The lowest BCUT2D eigenvalue weighted by molar-refractivity contribution is 0.231. The number of rotatable bonds is 6. The van der Waals surface area contributed by atoms with E-state index in [1.54, 1.807) is 0 Å². The maximum absolute atomic E-state index is 8.90. The molecule has 1 rings (SSSR count).